The molecule has 0 aromatic heterocycles. The Bertz CT molecular complexity index is 388. The van der Waals surface area contributed by atoms with E-state index in [0.717, 1.165) is 19.4 Å². The van der Waals surface area contributed by atoms with Crippen LogP contribution in [-0.2, 0) is 9.59 Å². The van der Waals surface area contributed by atoms with Crippen LogP contribution in [0.25, 0.3) is 0 Å². The summed E-state index contributed by atoms with van der Waals surface area (Å²) < 4.78 is 0. The van der Waals surface area contributed by atoms with Crippen LogP contribution in [0.3, 0.4) is 0 Å². The first kappa shape index (κ1) is 11.1. The van der Waals surface area contributed by atoms with E-state index in [0.29, 0.717) is 18.4 Å². The first-order chi connectivity index (χ1) is 7.97. The Kier molecular flexibility index (Phi) is 2.11. The van der Waals surface area contributed by atoms with Crippen molar-refractivity contribution in [1.29, 1.82) is 0 Å². The molecule has 17 heavy (non-hydrogen) atoms. The molecule has 1 aliphatic heterocycles. The van der Waals surface area contributed by atoms with E-state index in [4.69, 9.17) is 0 Å². The minimum Gasteiger partial charge on any atom is -0.481 e. The Labute approximate surface area is 101 Å². The third-order valence-corrected chi connectivity index (χ3v) is 4.90. The minimum atomic E-state index is -0.771. The number of piperidine rings is 1. The molecule has 3 fully saturated rings. The van der Waals surface area contributed by atoms with Gasteiger partial charge in [-0.15, -0.1) is 0 Å². The second-order valence-corrected chi connectivity index (χ2v) is 6.35. The number of hydrogen-bond donors (Lipinski definition) is 1. The lowest BCUT2D eigenvalue weighted by Crippen LogP contribution is -2.49. The zero-order valence-electron chi connectivity index (χ0n) is 10.2. The van der Waals surface area contributed by atoms with E-state index in [1.807, 2.05) is 0 Å². The molecule has 4 heteroatoms. The van der Waals surface area contributed by atoms with Crippen LogP contribution in [0.15, 0.2) is 0 Å². The van der Waals surface area contributed by atoms with Crippen LogP contribution in [0.2, 0.25) is 0 Å². The first-order valence-corrected chi connectivity index (χ1v) is 6.49. The zero-order chi connectivity index (χ0) is 12.3. The number of carbonyl (C=O) groups is 2. The van der Waals surface area contributed by atoms with Crippen LogP contribution in [-0.4, -0.2) is 35.0 Å². The highest BCUT2D eigenvalue weighted by molar-refractivity contribution is 5.84. The van der Waals surface area contributed by atoms with Crippen molar-refractivity contribution in [3.63, 3.8) is 0 Å². The van der Waals surface area contributed by atoms with Gasteiger partial charge in [-0.1, -0.05) is 0 Å². The van der Waals surface area contributed by atoms with Gasteiger partial charge in [0.15, 0.2) is 0 Å². The molecule has 1 saturated heterocycles. The summed E-state index contributed by atoms with van der Waals surface area (Å²) in [5, 5.41) is 9.23. The Morgan fingerprint density at radius 1 is 1.29 bits per heavy atom. The second-order valence-electron chi connectivity index (χ2n) is 6.35. The molecule has 1 spiro atoms. The number of rotatable bonds is 2. The molecule has 0 bridgehead atoms. The van der Waals surface area contributed by atoms with Crippen LogP contribution < -0.4 is 0 Å². The van der Waals surface area contributed by atoms with Crippen LogP contribution >= 0.6 is 0 Å². The van der Waals surface area contributed by atoms with Crippen LogP contribution in [0.4, 0.5) is 0 Å². The van der Waals surface area contributed by atoms with Crippen LogP contribution in [0.5, 0.6) is 0 Å². The maximum Gasteiger partial charge on any atom is 0.311 e. The third-order valence-electron chi connectivity index (χ3n) is 4.90. The fraction of sp³-hybridized carbons (Fsp3) is 0.846. The van der Waals surface area contributed by atoms with E-state index in [1.165, 1.54) is 12.8 Å². The van der Waals surface area contributed by atoms with E-state index in [2.05, 4.69) is 0 Å². The Morgan fingerprint density at radius 3 is 2.53 bits per heavy atom. The number of carbonyl (C=O) groups excluding carboxylic acids is 1. The summed E-state index contributed by atoms with van der Waals surface area (Å²) in [5.74, 6) is -0.333. The number of carboxylic acid groups (broad SMARTS) is 1. The molecular formula is C13H19NO3. The highest BCUT2D eigenvalue weighted by atomic mass is 16.4. The van der Waals surface area contributed by atoms with Crippen molar-refractivity contribution in [1.82, 2.24) is 4.90 Å². The van der Waals surface area contributed by atoms with Crippen molar-refractivity contribution in [2.45, 2.75) is 39.0 Å². The predicted octanol–water partition coefficient (Wildman–Crippen LogP) is 1.50. The summed E-state index contributed by atoms with van der Waals surface area (Å²) in [7, 11) is 0. The fourth-order valence-electron chi connectivity index (χ4n) is 3.23. The second kappa shape index (κ2) is 3.24. The molecular weight excluding hydrogens is 218 g/mol. The van der Waals surface area contributed by atoms with Gasteiger partial charge in [0.2, 0.25) is 5.91 Å². The normalized spacial score (nSPS) is 37.9. The van der Waals surface area contributed by atoms with Crippen molar-refractivity contribution < 1.29 is 14.7 Å². The van der Waals surface area contributed by atoms with E-state index < -0.39 is 11.4 Å². The molecule has 0 aromatic rings. The van der Waals surface area contributed by atoms with Crippen molar-refractivity contribution in [2.24, 2.45) is 16.7 Å². The van der Waals surface area contributed by atoms with E-state index in [9.17, 15) is 14.7 Å². The van der Waals surface area contributed by atoms with Gasteiger partial charge in [-0.2, -0.15) is 0 Å². The maximum absolute atomic E-state index is 12.3. The summed E-state index contributed by atoms with van der Waals surface area (Å²) in [6.07, 6.45) is 4.95. The van der Waals surface area contributed by atoms with Gasteiger partial charge < -0.3 is 10.0 Å². The SMILES string of the molecule is CC1(C(=O)O)CCCN(C(=O)C2CC23CC3)C1. The average molecular weight is 237 g/mol. The van der Waals surface area contributed by atoms with Gasteiger partial charge in [0.25, 0.3) is 0 Å². The Hall–Kier alpha value is -1.06. The Balaban J connectivity index is 1.67. The molecule has 0 radical (unpaired) electrons. The average Bonchev–Trinajstić information content (AvgIpc) is 3.19. The molecule has 0 aromatic carbocycles. The molecule has 2 saturated carbocycles. The summed E-state index contributed by atoms with van der Waals surface area (Å²) >= 11 is 0. The van der Waals surface area contributed by atoms with Gasteiger partial charge in [0.1, 0.15) is 0 Å². The number of likely N-dealkylation sites (tertiary alicyclic amines) is 1. The number of nitrogens with zero attached hydrogens (tertiary/aromatic N) is 1. The third kappa shape index (κ3) is 1.65. The number of aliphatic carboxylic acids is 1. The summed E-state index contributed by atoms with van der Waals surface area (Å²) in [4.78, 5) is 25.3. The number of hydrogen-bond acceptors (Lipinski definition) is 2. The monoisotopic (exact) mass is 237 g/mol. The topological polar surface area (TPSA) is 57.6 Å². The van der Waals surface area contributed by atoms with Crippen molar-refractivity contribution >= 4 is 11.9 Å². The number of carboxylic acids is 1. The Morgan fingerprint density at radius 2 is 2.00 bits per heavy atom. The van der Waals surface area contributed by atoms with E-state index >= 15 is 0 Å². The minimum absolute atomic E-state index is 0.217. The largest absolute Gasteiger partial charge is 0.481 e. The molecule has 1 N–H and O–H groups in total. The van der Waals surface area contributed by atoms with Crippen LogP contribution in [0, 0.1) is 16.7 Å². The lowest BCUT2D eigenvalue weighted by atomic mass is 9.82. The van der Waals surface area contributed by atoms with Crippen molar-refractivity contribution in [3.8, 4) is 0 Å². The summed E-state index contributed by atoms with van der Waals surface area (Å²) in [5.41, 5.74) is -0.367. The van der Waals surface area contributed by atoms with Gasteiger partial charge >= 0.3 is 5.97 Å². The van der Waals surface area contributed by atoms with Crippen LogP contribution in [0.1, 0.15) is 39.0 Å². The molecule has 2 aliphatic carbocycles. The predicted molar refractivity (Wildman–Crippen MR) is 61.3 cm³/mol. The van der Waals surface area contributed by atoms with Gasteiger partial charge in [0, 0.05) is 19.0 Å². The smallest absolute Gasteiger partial charge is 0.311 e. The van der Waals surface area contributed by atoms with Gasteiger partial charge in [0.05, 0.1) is 5.41 Å². The quantitative estimate of drug-likeness (QED) is 0.791. The summed E-state index contributed by atoms with van der Waals surface area (Å²) in [6, 6.07) is 0. The molecule has 3 rings (SSSR count). The van der Waals surface area contributed by atoms with E-state index in [-0.39, 0.29) is 11.8 Å². The lowest BCUT2D eigenvalue weighted by molar-refractivity contribution is -0.153. The summed E-state index contributed by atoms with van der Waals surface area (Å²) in [6.45, 7) is 2.90. The maximum atomic E-state index is 12.3. The van der Waals surface area contributed by atoms with Gasteiger partial charge in [-0.3, -0.25) is 9.59 Å². The van der Waals surface area contributed by atoms with Gasteiger partial charge in [-0.05, 0) is 44.4 Å². The molecule has 94 valence electrons. The molecule has 4 nitrogen and oxygen atoms in total. The molecule has 1 amide bonds. The highest BCUT2D eigenvalue weighted by Crippen LogP contribution is 2.71. The first-order valence-electron chi connectivity index (χ1n) is 6.49. The lowest BCUT2D eigenvalue weighted by Gasteiger charge is -2.37. The molecule has 2 unspecified atom stereocenters. The fourth-order valence-corrected chi connectivity index (χ4v) is 3.23. The highest BCUT2D eigenvalue weighted by Gasteiger charge is 2.66. The number of amides is 1. The zero-order valence-corrected chi connectivity index (χ0v) is 10.2. The standard InChI is InChI=1S/C13H19NO3/c1-12(11(16)17)3-2-6-14(8-12)10(15)9-7-13(9)4-5-13/h9H,2-8H2,1H3,(H,16,17). The van der Waals surface area contributed by atoms with Gasteiger partial charge in [-0.25, -0.2) is 0 Å². The molecule has 2 atom stereocenters. The van der Waals surface area contributed by atoms with Crippen molar-refractivity contribution in [2.75, 3.05) is 13.1 Å². The van der Waals surface area contributed by atoms with Crippen molar-refractivity contribution in [3.05, 3.63) is 0 Å². The van der Waals surface area contributed by atoms with E-state index in [1.54, 1.807) is 11.8 Å². The molecule has 1 heterocycles. The molecule has 3 aliphatic rings.